The second kappa shape index (κ2) is 5.27. The molecule has 0 unspecified atom stereocenters. The van der Waals surface area contributed by atoms with Crippen LogP contribution in [0.4, 0.5) is 0 Å². The van der Waals surface area contributed by atoms with Crippen LogP contribution >= 0.6 is 11.3 Å². The number of hydrogen-bond donors (Lipinski definition) is 0. The Morgan fingerprint density at radius 2 is 2.00 bits per heavy atom. The van der Waals surface area contributed by atoms with Crippen molar-refractivity contribution in [2.45, 2.75) is 20.4 Å². The van der Waals surface area contributed by atoms with Gasteiger partial charge < -0.3 is 4.57 Å². The fraction of sp³-hybridized carbons (Fsp3) is 0.357. The monoisotopic (exact) mass is 333 g/mol. The van der Waals surface area contributed by atoms with Crippen LogP contribution < -0.4 is 11.2 Å². The molecule has 0 saturated heterocycles. The minimum Gasteiger partial charge on any atom is -0.328 e. The summed E-state index contributed by atoms with van der Waals surface area (Å²) in [6, 6.07) is 0. The molecular formula is C14H15N5O3S. The van der Waals surface area contributed by atoms with Gasteiger partial charge in [0.2, 0.25) is 0 Å². The van der Waals surface area contributed by atoms with Crippen molar-refractivity contribution in [1.82, 2.24) is 23.7 Å². The third-order valence-electron chi connectivity index (χ3n) is 3.70. The van der Waals surface area contributed by atoms with Gasteiger partial charge in [0.1, 0.15) is 0 Å². The molecule has 23 heavy (non-hydrogen) atoms. The number of carbonyl (C=O) groups excluding carboxylic acids is 1. The third kappa shape index (κ3) is 2.33. The van der Waals surface area contributed by atoms with E-state index in [9.17, 15) is 14.4 Å². The maximum absolute atomic E-state index is 12.6. The Morgan fingerprint density at radius 3 is 2.61 bits per heavy atom. The molecule has 0 saturated carbocycles. The van der Waals surface area contributed by atoms with Crippen molar-refractivity contribution < 1.29 is 4.79 Å². The summed E-state index contributed by atoms with van der Waals surface area (Å²) in [6.07, 6.45) is 1.50. The minimum atomic E-state index is -0.460. The van der Waals surface area contributed by atoms with E-state index in [1.165, 1.54) is 29.2 Å². The zero-order chi connectivity index (χ0) is 16.9. The molecule has 0 N–H and O–H groups in total. The number of aromatic nitrogens is 5. The van der Waals surface area contributed by atoms with Crippen molar-refractivity contribution in [3.63, 3.8) is 0 Å². The van der Waals surface area contributed by atoms with Crippen LogP contribution in [0.25, 0.3) is 11.2 Å². The van der Waals surface area contributed by atoms with E-state index in [0.29, 0.717) is 21.9 Å². The molecule has 8 nitrogen and oxygen atoms in total. The lowest BCUT2D eigenvalue weighted by Crippen LogP contribution is -2.40. The van der Waals surface area contributed by atoms with E-state index < -0.39 is 11.2 Å². The first-order valence-corrected chi connectivity index (χ1v) is 7.71. The van der Waals surface area contributed by atoms with Gasteiger partial charge in [0.15, 0.2) is 22.0 Å². The molecule has 9 heteroatoms. The molecule has 0 radical (unpaired) electrons. The smallest absolute Gasteiger partial charge is 0.328 e. The lowest BCUT2D eigenvalue weighted by molar-refractivity contribution is 0.101. The Morgan fingerprint density at radius 1 is 1.30 bits per heavy atom. The first-order valence-electron chi connectivity index (χ1n) is 6.89. The molecular weight excluding hydrogens is 318 g/mol. The zero-order valence-electron chi connectivity index (χ0n) is 13.2. The number of aryl methyl sites for hydroxylation is 3. The predicted molar refractivity (Wildman–Crippen MR) is 86.2 cm³/mol. The second-order valence-corrected chi connectivity index (χ2v) is 6.54. The van der Waals surface area contributed by atoms with Crippen LogP contribution in [0, 0.1) is 6.92 Å². The van der Waals surface area contributed by atoms with E-state index in [1.54, 1.807) is 18.7 Å². The molecule has 0 amide bonds. The van der Waals surface area contributed by atoms with Gasteiger partial charge in [-0.15, -0.1) is 11.3 Å². The first-order chi connectivity index (χ1) is 10.8. The summed E-state index contributed by atoms with van der Waals surface area (Å²) < 4.78 is 4.04. The van der Waals surface area contributed by atoms with Crippen LogP contribution in [0.1, 0.15) is 27.3 Å². The highest BCUT2D eigenvalue weighted by atomic mass is 32.1. The van der Waals surface area contributed by atoms with Crippen molar-refractivity contribution in [3.05, 3.63) is 42.7 Å². The normalized spacial score (nSPS) is 11.3. The Hall–Kier alpha value is -2.55. The average molecular weight is 333 g/mol. The van der Waals surface area contributed by atoms with E-state index >= 15 is 0 Å². The van der Waals surface area contributed by atoms with Crippen LogP contribution in [0.15, 0.2) is 15.9 Å². The molecule has 120 valence electrons. The molecule has 0 spiro atoms. The van der Waals surface area contributed by atoms with Gasteiger partial charge in [0, 0.05) is 25.9 Å². The highest BCUT2D eigenvalue weighted by Crippen LogP contribution is 2.18. The van der Waals surface area contributed by atoms with E-state index in [2.05, 4.69) is 9.97 Å². The highest BCUT2D eigenvalue weighted by Gasteiger charge is 2.18. The van der Waals surface area contributed by atoms with Gasteiger partial charge in [-0.3, -0.25) is 18.7 Å². The minimum absolute atomic E-state index is 0.0300. The Kier molecular flexibility index (Phi) is 3.52. The van der Waals surface area contributed by atoms with E-state index in [1.807, 2.05) is 6.92 Å². The first kappa shape index (κ1) is 15.3. The summed E-state index contributed by atoms with van der Waals surface area (Å²) in [5.41, 5.74) is 0.378. The van der Waals surface area contributed by atoms with E-state index in [0.717, 1.165) is 9.44 Å². The molecule has 3 rings (SSSR count). The summed E-state index contributed by atoms with van der Waals surface area (Å²) in [5, 5.41) is 0.379. The SMILES string of the molecule is CC(=O)c1nc(Cn2c(=O)c3c(ncn3C)n(C)c2=O)c(C)s1. The topological polar surface area (TPSA) is 91.8 Å². The van der Waals surface area contributed by atoms with Crippen LogP contribution in [0.5, 0.6) is 0 Å². The summed E-state index contributed by atoms with van der Waals surface area (Å²) >= 11 is 1.26. The number of ketones is 1. The van der Waals surface area contributed by atoms with Crippen LogP contribution in [-0.2, 0) is 20.6 Å². The van der Waals surface area contributed by atoms with Gasteiger partial charge in [-0.25, -0.2) is 14.8 Å². The van der Waals surface area contributed by atoms with Crippen molar-refractivity contribution in [2.24, 2.45) is 14.1 Å². The molecule has 3 aromatic heterocycles. The quantitative estimate of drug-likeness (QED) is 0.649. The zero-order valence-corrected chi connectivity index (χ0v) is 14.0. The lowest BCUT2D eigenvalue weighted by Gasteiger charge is -2.07. The molecule has 0 atom stereocenters. The predicted octanol–water partition coefficient (Wildman–Crippen LogP) is 0.450. The van der Waals surface area contributed by atoms with Gasteiger partial charge >= 0.3 is 5.69 Å². The molecule has 3 aromatic rings. The number of rotatable bonds is 3. The molecule has 0 bridgehead atoms. The van der Waals surface area contributed by atoms with Gasteiger partial charge in [-0.05, 0) is 6.92 Å². The van der Waals surface area contributed by atoms with Gasteiger partial charge in [-0.2, -0.15) is 0 Å². The maximum atomic E-state index is 12.6. The summed E-state index contributed by atoms with van der Waals surface area (Å²) in [6.45, 7) is 3.29. The van der Waals surface area contributed by atoms with Crippen LogP contribution in [0.2, 0.25) is 0 Å². The fourth-order valence-corrected chi connectivity index (χ4v) is 3.23. The van der Waals surface area contributed by atoms with Crippen molar-refractivity contribution in [2.75, 3.05) is 0 Å². The Balaban J connectivity index is 2.21. The number of imidazole rings is 1. The molecule has 3 heterocycles. The van der Waals surface area contributed by atoms with Gasteiger partial charge in [0.05, 0.1) is 18.6 Å². The lowest BCUT2D eigenvalue weighted by atomic mass is 10.3. The third-order valence-corrected chi connectivity index (χ3v) is 4.82. The standard InChI is InChI=1S/C14H15N5O3S/c1-7(20)12-16-9(8(2)23-12)5-19-13(21)10-11(15-6-17(10)3)18(4)14(19)22/h6H,5H2,1-4H3. The molecule has 0 aliphatic heterocycles. The Bertz CT molecular complexity index is 1050. The number of fused-ring (bicyclic) bond motifs is 1. The van der Waals surface area contributed by atoms with Crippen molar-refractivity contribution in [1.29, 1.82) is 0 Å². The number of Topliss-reactive ketones (excluding diaryl/α,β-unsaturated/α-hetero) is 1. The Labute approximate surface area is 134 Å². The van der Waals surface area contributed by atoms with Crippen LogP contribution in [0.3, 0.4) is 0 Å². The molecule has 0 aromatic carbocycles. The van der Waals surface area contributed by atoms with E-state index in [4.69, 9.17) is 0 Å². The second-order valence-electron chi connectivity index (χ2n) is 5.34. The highest BCUT2D eigenvalue weighted by molar-refractivity contribution is 7.13. The van der Waals surface area contributed by atoms with Crippen molar-refractivity contribution >= 4 is 28.3 Å². The number of hydrogen-bond acceptors (Lipinski definition) is 6. The fourth-order valence-electron chi connectivity index (χ4n) is 2.41. The van der Waals surface area contributed by atoms with Gasteiger partial charge in [0.25, 0.3) is 5.56 Å². The number of carbonyl (C=O) groups is 1. The summed E-state index contributed by atoms with van der Waals surface area (Å²) in [5.74, 6) is -0.133. The largest absolute Gasteiger partial charge is 0.332 e. The molecule has 0 aliphatic rings. The van der Waals surface area contributed by atoms with E-state index in [-0.39, 0.29) is 12.3 Å². The molecule has 0 fully saturated rings. The number of thiazole rings is 1. The maximum Gasteiger partial charge on any atom is 0.332 e. The molecule has 0 aliphatic carbocycles. The van der Waals surface area contributed by atoms with Crippen molar-refractivity contribution in [3.8, 4) is 0 Å². The van der Waals surface area contributed by atoms with Crippen LogP contribution in [-0.4, -0.2) is 29.5 Å². The number of nitrogens with zero attached hydrogens (tertiary/aromatic N) is 5. The average Bonchev–Trinajstić information content (AvgIpc) is 3.05. The summed E-state index contributed by atoms with van der Waals surface area (Å²) in [4.78, 5) is 45.7. The summed E-state index contributed by atoms with van der Waals surface area (Å²) in [7, 11) is 3.27. The van der Waals surface area contributed by atoms with Gasteiger partial charge in [-0.1, -0.05) is 0 Å².